The Morgan fingerprint density at radius 1 is 1.10 bits per heavy atom. The maximum atomic E-state index is 12.2. The zero-order chi connectivity index (χ0) is 14.6. The number of nitrogens with one attached hydrogen (secondary N) is 1. The highest BCUT2D eigenvalue weighted by Gasteiger charge is 2.15. The molecule has 0 spiro atoms. The van der Waals surface area contributed by atoms with Gasteiger partial charge in [-0.05, 0) is 29.7 Å². The summed E-state index contributed by atoms with van der Waals surface area (Å²) in [7, 11) is -3.47. The van der Waals surface area contributed by atoms with E-state index in [1.165, 1.54) is 0 Å². The molecule has 20 heavy (non-hydrogen) atoms. The van der Waals surface area contributed by atoms with Crippen LogP contribution in [-0.2, 0) is 10.0 Å². The van der Waals surface area contributed by atoms with Gasteiger partial charge in [0, 0.05) is 11.0 Å². The maximum Gasteiger partial charge on any atom is 0.240 e. The Morgan fingerprint density at radius 2 is 1.80 bits per heavy atom. The van der Waals surface area contributed by atoms with Gasteiger partial charge in [-0.15, -0.1) is 0 Å². The summed E-state index contributed by atoms with van der Waals surface area (Å²) < 4.78 is 27.8. The molecule has 106 valence electrons. The lowest BCUT2D eigenvalue weighted by atomic mass is 10.0. The van der Waals surface area contributed by atoms with Crippen LogP contribution >= 0.6 is 15.9 Å². The van der Waals surface area contributed by atoms with Crippen molar-refractivity contribution in [2.45, 2.75) is 17.7 Å². The van der Waals surface area contributed by atoms with Crippen molar-refractivity contribution >= 4 is 26.0 Å². The molecule has 0 aliphatic carbocycles. The average molecular weight is 354 g/mol. The third-order valence-electron chi connectivity index (χ3n) is 3.05. The number of sulfonamides is 1. The van der Waals surface area contributed by atoms with Gasteiger partial charge in [0.1, 0.15) is 0 Å². The van der Waals surface area contributed by atoms with E-state index in [1.54, 1.807) is 24.3 Å². The standard InChI is InChI=1S/C15H16BrNO2S/c1-12(13-6-3-2-4-7-13)11-17-20(18,19)15-9-5-8-14(16)10-15/h2-10,12,17H,11H2,1H3. The van der Waals surface area contributed by atoms with E-state index in [4.69, 9.17) is 0 Å². The minimum absolute atomic E-state index is 0.123. The van der Waals surface area contributed by atoms with Crippen LogP contribution in [0.3, 0.4) is 0 Å². The maximum absolute atomic E-state index is 12.2. The summed E-state index contributed by atoms with van der Waals surface area (Å²) in [4.78, 5) is 0.270. The van der Waals surface area contributed by atoms with E-state index in [0.717, 1.165) is 10.0 Å². The van der Waals surface area contributed by atoms with Crippen molar-refractivity contribution in [3.8, 4) is 0 Å². The molecular formula is C15H16BrNO2S. The molecule has 0 fully saturated rings. The largest absolute Gasteiger partial charge is 0.240 e. The Hall–Kier alpha value is -1.17. The lowest BCUT2D eigenvalue weighted by molar-refractivity contribution is 0.575. The summed E-state index contributed by atoms with van der Waals surface area (Å²) in [6, 6.07) is 16.5. The molecule has 0 aliphatic rings. The van der Waals surface area contributed by atoms with E-state index in [2.05, 4.69) is 20.7 Å². The van der Waals surface area contributed by atoms with Gasteiger partial charge in [-0.3, -0.25) is 0 Å². The highest BCUT2D eigenvalue weighted by atomic mass is 79.9. The van der Waals surface area contributed by atoms with Gasteiger partial charge in [-0.1, -0.05) is 59.3 Å². The first-order chi connectivity index (χ1) is 9.49. The predicted octanol–water partition coefficient (Wildman–Crippen LogP) is 3.53. The zero-order valence-corrected chi connectivity index (χ0v) is 13.5. The third kappa shape index (κ3) is 3.91. The van der Waals surface area contributed by atoms with Gasteiger partial charge in [0.25, 0.3) is 0 Å². The number of hydrogen-bond donors (Lipinski definition) is 1. The normalized spacial score (nSPS) is 13.1. The monoisotopic (exact) mass is 353 g/mol. The van der Waals surface area contributed by atoms with Crippen molar-refractivity contribution in [3.05, 3.63) is 64.6 Å². The smallest absolute Gasteiger partial charge is 0.211 e. The Balaban J connectivity index is 2.07. The van der Waals surface area contributed by atoms with Crippen LogP contribution in [0.2, 0.25) is 0 Å². The summed E-state index contributed by atoms with van der Waals surface area (Å²) in [5.74, 6) is 0.123. The summed E-state index contributed by atoms with van der Waals surface area (Å²) in [6.07, 6.45) is 0. The van der Waals surface area contributed by atoms with E-state index in [0.29, 0.717) is 6.54 Å². The van der Waals surface area contributed by atoms with Crippen molar-refractivity contribution in [2.75, 3.05) is 6.54 Å². The Morgan fingerprint density at radius 3 is 2.45 bits per heavy atom. The van der Waals surface area contributed by atoms with Gasteiger partial charge < -0.3 is 0 Å². The van der Waals surface area contributed by atoms with Crippen LogP contribution in [-0.4, -0.2) is 15.0 Å². The van der Waals surface area contributed by atoms with E-state index in [1.807, 2.05) is 37.3 Å². The van der Waals surface area contributed by atoms with Crippen LogP contribution in [0.4, 0.5) is 0 Å². The van der Waals surface area contributed by atoms with Crippen LogP contribution in [0.15, 0.2) is 64.0 Å². The summed E-state index contributed by atoms with van der Waals surface area (Å²) in [5.41, 5.74) is 1.12. The molecule has 0 aliphatic heterocycles. The summed E-state index contributed by atoms with van der Waals surface area (Å²) in [5, 5.41) is 0. The first-order valence-corrected chi connectivity index (χ1v) is 8.57. The molecule has 5 heteroatoms. The first-order valence-electron chi connectivity index (χ1n) is 6.29. The molecule has 3 nitrogen and oxygen atoms in total. The van der Waals surface area contributed by atoms with Crippen molar-refractivity contribution in [3.63, 3.8) is 0 Å². The number of benzene rings is 2. The highest BCUT2D eigenvalue weighted by Crippen LogP contribution is 2.18. The van der Waals surface area contributed by atoms with Gasteiger partial charge in [-0.2, -0.15) is 0 Å². The summed E-state index contributed by atoms with van der Waals surface area (Å²) >= 11 is 3.28. The molecule has 0 aromatic heterocycles. The molecule has 0 heterocycles. The SMILES string of the molecule is CC(CNS(=O)(=O)c1cccc(Br)c1)c1ccccc1. The molecule has 0 saturated heterocycles. The van der Waals surface area contributed by atoms with Gasteiger partial charge in [0.05, 0.1) is 4.90 Å². The van der Waals surface area contributed by atoms with E-state index in [-0.39, 0.29) is 10.8 Å². The fraction of sp³-hybridized carbons (Fsp3) is 0.200. The molecule has 2 aromatic carbocycles. The van der Waals surface area contributed by atoms with E-state index in [9.17, 15) is 8.42 Å². The Labute approximate surface area is 128 Å². The van der Waals surface area contributed by atoms with Crippen molar-refractivity contribution in [2.24, 2.45) is 0 Å². The minimum atomic E-state index is -3.47. The fourth-order valence-electron chi connectivity index (χ4n) is 1.85. The van der Waals surface area contributed by atoms with Crippen LogP contribution in [0.1, 0.15) is 18.4 Å². The van der Waals surface area contributed by atoms with E-state index < -0.39 is 10.0 Å². The van der Waals surface area contributed by atoms with Crippen molar-refractivity contribution in [1.82, 2.24) is 4.72 Å². The predicted molar refractivity (Wildman–Crippen MR) is 84.2 cm³/mol. The average Bonchev–Trinajstić information content (AvgIpc) is 2.46. The molecule has 0 amide bonds. The second-order valence-electron chi connectivity index (χ2n) is 4.62. The molecule has 2 aromatic rings. The minimum Gasteiger partial charge on any atom is -0.211 e. The zero-order valence-electron chi connectivity index (χ0n) is 11.1. The number of hydrogen-bond acceptors (Lipinski definition) is 2. The van der Waals surface area contributed by atoms with Gasteiger partial charge in [-0.25, -0.2) is 13.1 Å². The molecule has 0 saturated carbocycles. The molecule has 1 atom stereocenters. The van der Waals surface area contributed by atoms with Crippen LogP contribution < -0.4 is 4.72 Å². The second kappa shape index (κ2) is 6.52. The number of halogens is 1. The second-order valence-corrected chi connectivity index (χ2v) is 7.30. The Bertz CT molecular complexity index is 671. The molecular weight excluding hydrogens is 338 g/mol. The molecule has 1 N–H and O–H groups in total. The topological polar surface area (TPSA) is 46.2 Å². The molecule has 0 bridgehead atoms. The van der Waals surface area contributed by atoms with Crippen LogP contribution in [0.5, 0.6) is 0 Å². The quantitative estimate of drug-likeness (QED) is 0.893. The summed E-state index contributed by atoms with van der Waals surface area (Å²) in [6.45, 7) is 2.37. The molecule has 0 radical (unpaired) electrons. The third-order valence-corrected chi connectivity index (χ3v) is 4.97. The molecule has 2 rings (SSSR count). The molecule has 1 unspecified atom stereocenters. The number of rotatable bonds is 5. The Kier molecular flexibility index (Phi) is 4.96. The van der Waals surface area contributed by atoms with Crippen LogP contribution in [0, 0.1) is 0 Å². The lowest BCUT2D eigenvalue weighted by Crippen LogP contribution is -2.27. The first kappa shape index (κ1) is 15.2. The van der Waals surface area contributed by atoms with Gasteiger partial charge in [0.15, 0.2) is 0 Å². The van der Waals surface area contributed by atoms with Gasteiger partial charge >= 0.3 is 0 Å². The lowest BCUT2D eigenvalue weighted by Gasteiger charge is -2.13. The van der Waals surface area contributed by atoms with E-state index >= 15 is 0 Å². The van der Waals surface area contributed by atoms with Crippen molar-refractivity contribution < 1.29 is 8.42 Å². The van der Waals surface area contributed by atoms with Crippen molar-refractivity contribution in [1.29, 1.82) is 0 Å². The highest BCUT2D eigenvalue weighted by molar-refractivity contribution is 9.10. The van der Waals surface area contributed by atoms with Crippen LogP contribution in [0.25, 0.3) is 0 Å². The van der Waals surface area contributed by atoms with Gasteiger partial charge in [0.2, 0.25) is 10.0 Å². The fourth-order valence-corrected chi connectivity index (χ4v) is 3.58.